The van der Waals surface area contributed by atoms with Gasteiger partial charge in [-0.25, -0.2) is 21.6 Å². The molecule has 4 rings (SSSR count). The van der Waals surface area contributed by atoms with Crippen molar-refractivity contribution in [1.29, 1.82) is 0 Å². The number of halogens is 1. The highest BCUT2D eigenvalue weighted by Crippen LogP contribution is 2.32. The summed E-state index contributed by atoms with van der Waals surface area (Å²) in [6, 6.07) is 4.96. The monoisotopic (exact) mass is 518 g/mol. The largest absolute Gasteiger partial charge is 0.487 e. The van der Waals surface area contributed by atoms with Crippen molar-refractivity contribution in [1.82, 2.24) is 19.2 Å². The first-order valence-corrected chi connectivity index (χ1v) is 14.3. The maximum atomic E-state index is 13.2. The molecular weight excluding hydrogens is 492 g/mol. The Morgan fingerprint density at radius 1 is 1.18 bits per heavy atom. The molecule has 3 aliphatic rings. The van der Waals surface area contributed by atoms with Crippen LogP contribution >= 0.6 is 11.6 Å². The molecule has 0 unspecified atom stereocenters. The fourth-order valence-corrected chi connectivity index (χ4v) is 7.08. The maximum absolute atomic E-state index is 13.2. The van der Waals surface area contributed by atoms with E-state index in [0.717, 1.165) is 10.6 Å². The van der Waals surface area contributed by atoms with Crippen molar-refractivity contribution in [3.05, 3.63) is 33.7 Å². The van der Waals surface area contributed by atoms with Crippen molar-refractivity contribution < 1.29 is 26.4 Å². The number of hydrogen-bond acceptors (Lipinski definition) is 7. The Morgan fingerprint density at radius 3 is 2.58 bits per heavy atom. The summed E-state index contributed by atoms with van der Waals surface area (Å²) in [4.78, 5) is 14.5. The molecule has 3 heterocycles. The van der Waals surface area contributed by atoms with Crippen molar-refractivity contribution in [2.75, 3.05) is 52.1 Å². The second kappa shape index (κ2) is 9.16. The van der Waals surface area contributed by atoms with Gasteiger partial charge < -0.3 is 15.0 Å². The predicted molar refractivity (Wildman–Crippen MR) is 125 cm³/mol. The van der Waals surface area contributed by atoms with Crippen LogP contribution in [0.25, 0.3) is 6.08 Å². The minimum absolute atomic E-state index is 0.0761. The molecule has 2 fully saturated rings. The van der Waals surface area contributed by atoms with Crippen LogP contribution in [-0.2, 0) is 24.8 Å². The molecule has 33 heavy (non-hydrogen) atoms. The van der Waals surface area contributed by atoms with Gasteiger partial charge in [0.25, 0.3) is 0 Å². The van der Waals surface area contributed by atoms with Crippen LogP contribution in [0.1, 0.15) is 18.4 Å². The predicted octanol–water partition coefficient (Wildman–Crippen LogP) is 0.219. The summed E-state index contributed by atoms with van der Waals surface area (Å²) >= 11 is 5.96. The van der Waals surface area contributed by atoms with Crippen LogP contribution in [0.15, 0.2) is 23.1 Å². The van der Waals surface area contributed by atoms with Gasteiger partial charge in [0.2, 0.25) is 26.0 Å². The molecule has 2 saturated heterocycles. The van der Waals surface area contributed by atoms with E-state index in [1.807, 2.05) is 0 Å². The highest BCUT2D eigenvalue weighted by Gasteiger charge is 2.41. The van der Waals surface area contributed by atoms with Crippen molar-refractivity contribution in [2.45, 2.75) is 18.4 Å². The molecule has 10 nitrogen and oxygen atoms in total. The van der Waals surface area contributed by atoms with E-state index in [4.69, 9.17) is 16.3 Å². The fourth-order valence-electron chi connectivity index (χ4n) is 4.45. The molecule has 0 radical (unpaired) electrons. The van der Waals surface area contributed by atoms with E-state index in [1.54, 1.807) is 29.2 Å². The van der Waals surface area contributed by atoms with E-state index in [2.05, 4.69) is 10.0 Å². The number of hydrogen-bond donors (Lipinski definition) is 2. The van der Waals surface area contributed by atoms with Gasteiger partial charge in [-0.2, -0.15) is 4.31 Å². The Balaban J connectivity index is 1.47. The van der Waals surface area contributed by atoms with Crippen molar-refractivity contribution in [3.8, 4) is 5.75 Å². The zero-order valence-corrected chi connectivity index (χ0v) is 20.6. The zero-order chi connectivity index (χ0) is 23.9. The number of amides is 1. The summed E-state index contributed by atoms with van der Waals surface area (Å²) in [6.07, 6.45) is 3.73. The SMILES string of the molecule is CS(=O)(=O)NC1(CN2CCN(S(=O)(=O)C3=Cc4ccc(Cl)cc4OC3)CC2=O)CCNCC1. The van der Waals surface area contributed by atoms with Gasteiger partial charge in [0.15, 0.2) is 0 Å². The van der Waals surface area contributed by atoms with E-state index in [-0.39, 0.29) is 43.6 Å². The van der Waals surface area contributed by atoms with Gasteiger partial charge in [-0.1, -0.05) is 11.6 Å². The first kappa shape index (κ1) is 24.4. The van der Waals surface area contributed by atoms with Crippen LogP contribution in [0.5, 0.6) is 5.75 Å². The number of carbonyl (C=O) groups excluding carboxylic acids is 1. The third-order valence-electron chi connectivity index (χ3n) is 6.07. The molecule has 0 spiro atoms. The van der Waals surface area contributed by atoms with Gasteiger partial charge in [-0.3, -0.25) is 4.79 Å². The molecule has 182 valence electrons. The molecule has 0 saturated carbocycles. The van der Waals surface area contributed by atoms with Crippen LogP contribution in [0.4, 0.5) is 0 Å². The Morgan fingerprint density at radius 2 is 1.91 bits per heavy atom. The normalized spacial score (nSPS) is 21.8. The minimum atomic E-state index is -3.90. The third-order valence-corrected chi connectivity index (χ3v) is 9.00. The van der Waals surface area contributed by atoms with Gasteiger partial charge in [-0.05, 0) is 50.2 Å². The summed E-state index contributed by atoms with van der Waals surface area (Å²) in [5.74, 6) is 0.149. The Bertz CT molecular complexity index is 1180. The first-order chi connectivity index (χ1) is 15.5. The van der Waals surface area contributed by atoms with Crippen LogP contribution in [0.2, 0.25) is 5.02 Å². The van der Waals surface area contributed by atoms with Crippen molar-refractivity contribution in [3.63, 3.8) is 0 Å². The molecule has 0 atom stereocenters. The molecule has 2 N–H and O–H groups in total. The molecule has 1 amide bonds. The molecule has 1 aromatic rings. The lowest BCUT2D eigenvalue weighted by atomic mass is 9.88. The van der Waals surface area contributed by atoms with Crippen molar-refractivity contribution in [2.24, 2.45) is 0 Å². The number of piperazine rings is 1. The number of nitrogens with one attached hydrogen (secondary N) is 2. The molecule has 3 aliphatic heterocycles. The highest BCUT2D eigenvalue weighted by atomic mass is 35.5. The lowest BCUT2D eigenvalue weighted by Crippen LogP contribution is -2.63. The van der Waals surface area contributed by atoms with Crippen LogP contribution < -0.4 is 14.8 Å². The first-order valence-electron chi connectivity index (χ1n) is 10.6. The van der Waals surface area contributed by atoms with Crippen LogP contribution in [0, 0.1) is 0 Å². The van der Waals surface area contributed by atoms with E-state index >= 15 is 0 Å². The quantitative estimate of drug-likeness (QED) is 0.551. The number of sulfonamides is 2. The van der Waals surface area contributed by atoms with Gasteiger partial charge in [-0.15, -0.1) is 0 Å². The summed E-state index contributed by atoms with van der Waals surface area (Å²) < 4.78 is 59.7. The average molecular weight is 519 g/mol. The second-order valence-corrected chi connectivity index (χ2v) is 12.8. The molecule has 1 aromatic carbocycles. The highest BCUT2D eigenvalue weighted by molar-refractivity contribution is 7.93. The zero-order valence-electron chi connectivity index (χ0n) is 18.2. The Labute approximate surface area is 199 Å². The van der Waals surface area contributed by atoms with Crippen LogP contribution in [-0.4, -0.2) is 89.6 Å². The topological polar surface area (TPSA) is 125 Å². The third kappa shape index (κ3) is 5.52. The van der Waals surface area contributed by atoms with Gasteiger partial charge >= 0.3 is 0 Å². The molecule has 0 bridgehead atoms. The molecule has 0 aromatic heterocycles. The summed E-state index contributed by atoms with van der Waals surface area (Å²) in [6.45, 7) is 1.32. The van der Waals surface area contributed by atoms with E-state index < -0.39 is 25.6 Å². The van der Waals surface area contributed by atoms with Crippen LogP contribution in [0.3, 0.4) is 0 Å². The molecule has 0 aliphatic carbocycles. The number of rotatable bonds is 6. The number of fused-ring (bicyclic) bond motifs is 1. The number of piperidine rings is 1. The number of ether oxygens (including phenoxy) is 1. The van der Waals surface area contributed by atoms with Gasteiger partial charge in [0, 0.05) is 30.2 Å². The lowest BCUT2D eigenvalue weighted by molar-refractivity contribution is -0.135. The number of benzene rings is 1. The van der Waals surface area contributed by atoms with Gasteiger partial charge in [0.05, 0.1) is 23.2 Å². The van der Waals surface area contributed by atoms with E-state index in [1.165, 1.54) is 0 Å². The van der Waals surface area contributed by atoms with Crippen molar-refractivity contribution >= 4 is 43.6 Å². The van der Waals surface area contributed by atoms with E-state index in [0.29, 0.717) is 42.3 Å². The number of carbonyl (C=O) groups is 1. The molecular formula is C20H27ClN4O6S2. The standard InChI is InChI=1S/C20H27ClN4O6S2/c1-32(27,28)23-20(4-6-22-7-5-20)14-24-8-9-25(12-19(24)26)33(29,30)17-10-15-2-3-16(21)11-18(15)31-13-17/h2-3,10-11,22-23H,4-9,12-14H2,1H3. The summed E-state index contributed by atoms with van der Waals surface area (Å²) in [5, 5.41) is 3.69. The average Bonchev–Trinajstić information content (AvgIpc) is 2.74. The molecule has 13 heteroatoms. The van der Waals surface area contributed by atoms with E-state index in [9.17, 15) is 21.6 Å². The lowest BCUT2D eigenvalue weighted by Gasteiger charge is -2.43. The maximum Gasteiger partial charge on any atom is 0.243 e. The fraction of sp³-hybridized carbons (Fsp3) is 0.550. The smallest absolute Gasteiger partial charge is 0.243 e. The Hall–Kier alpha value is -1.70. The summed E-state index contributed by atoms with van der Waals surface area (Å²) in [7, 11) is -7.38. The van der Waals surface area contributed by atoms with Gasteiger partial charge in [0.1, 0.15) is 12.4 Å². The number of nitrogens with zero attached hydrogens (tertiary/aromatic N) is 2. The Kier molecular flexibility index (Phi) is 6.78. The second-order valence-electron chi connectivity index (χ2n) is 8.64. The minimum Gasteiger partial charge on any atom is -0.487 e. The summed E-state index contributed by atoms with van der Waals surface area (Å²) in [5.41, 5.74) is -0.158.